The molecular formula is C21H20ClFN2O3. The molecule has 3 rings (SSSR count). The summed E-state index contributed by atoms with van der Waals surface area (Å²) in [5, 5.41) is 10.5. The number of nitrogens with two attached hydrogens (primary N) is 1. The summed E-state index contributed by atoms with van der Waals surface area (Å²) in [5.41, 5.74) is 7.06. The predicted octanol–water partition coefficient (Wildman–Crippen LogP) is 4.51. The molecule has 2 aromatic carbocycles. The molecule has 1 atom stereocenters. The largest absolute Gasteiger partial charge is 0.505 e. The topological polar surface area (TPSA) is 85.3 Å². The fraction of sp³-hybridized carbons (Fsp3) is 0.238. The van der Waals surface area contributed by atoms with E-state index in [9.17, 15) is 19.1 Å². The highest BCUT2D eigenvalue weighted by molar-refractivity contribution is 6.31. The number of primary amides is 1. The number of phenolic OH excluding ortho intramolecular Hbond substituents is 1. The molecule has 0 bridgehead atoms. The molecule has 0 radical (unpaired) electrons. The quantitative estimate of drug-likeness (QED) is 0.658. The van der Waals surface area contributed by atoms with Crippen LogP contribution in [0.2, 0.25) is 5.02 Å². The van der Waals surface area contributed by atoms with Crippen LogP contribution in [0.1, 0.15) is 47.3 Å². The average molecular weight is 403 g/mol. The Hall–Kier alpha value is -2.86. The van der Waals surface area contributed by atoms with Crippen molar-refractivity contribution in [3.05, 3.63) is 64.1 Å². The summed E-state index contributed by atoms with van der Waals surface area (Å²) in [6.45, 7) is 3.55. The van der Waals surface area contributed by atoms with Crippen LogP contribution in [0, 0.1) is 12.7 Å². The highest BCUT2D eigenvalue weighted by Crippen LogP contribution is 2.38. The number of benzene rings is 2. The van der Waals surface area contributed by atoms with E-state index in [1.165, 1.54) is 16.7 Å². The molecule has 1 amide bonds. The van der Waals surface area contributed by atoms with E-state index in [2.05, 4.69) is 0 Å². The van der Waals surface area contributed by atoms with Crippen molar-refractivity contribution in [2.24, 2.45) is 5.73 Å². The van der Waals surface area contributed by atoms with Crippen LogP contribution in [0.5, 0.6) is 5.75 Å². The molecule has 0 unspecified atom stereocenters. The molecule has 0 saturated heterocycles. The minimum absolute atomic E-state index is 0.135. The molecule has 0 aliphatic rings. The van der Waals surface area contributed by atoms with Gasteiger partial charge in [0.15, 0.2) is 11.6 Å². The normalized spacial score (nSPS) is 12.3. The second-order valence-corrected chi connectivity index (χ2v) is 7.29. The molecule has 0 saturated carbocycles. The van der Waals surface area contributed by atoms with Crippen LogP contribution in [0.25, 0.3) is 10.9 Å². The Bertz CT molecular complexity index is 1090. The fourth-order valence-electron chi connectivity index (χ4n) is 3.60. The summed E-state index contributed by atoms with van der Waals surface area (Å²) < 4.78 is 16.3. The van der Waals surface area contributed by atoms with Gasteiger partial charge in [-0.25, -0.2) is 4.39 Å². The van der Waals surface area contributed by atoms with Crippen molar-refractivity contribution in [2.45, 2.75) is 32.6 Å². The van der Waals surface area contributed by atoms with Crippen LogP contribution in [-0.4, -0.2) is 21.5 Å². The first-order chi connectivity index (χ1) is 13.2. The van der Waals surface area contributed by atoms with Crippen LogP contribution in [0.4, 0.5) is 4.39 Å². The first-order valence-electron chi connectivity index (χ1n) is 8.83. The molecule has 1 aromatic heterocycles. The molecule has 0 fully saturated rings. The second kappa shape index (κ2) is 7.64. The van der Waals surface area contributed by atoms with Gasteiger partial charge in [-0.3, -0.25) is 14.2 Å². The van der Waals surface area contributed by atoms with Crippen molar-refractivity contribution in [1.29, 1.82) is 0 Å². The maximum atomic E-state index is 14.9. The summed E-state index contributed by atoms with van der Waals surface area (Å²) >= 11 is 6.01. The van der Waals surface area contributed by atoms with Crippen LogP contribution in [-0.2, 0) is 4.79 Å². The third-order valence-corrected chi connectivity index (χ3v) is 5.16. The molecule has 1 heterocycles. The highest BCUT2D eigenvalue weighted by atomic mass is 35.5. The Labute approximate surface area is 166 Å². The molecule has 28 heavy (non-hydrogen) atoms. The third-order valence-electron chi connectivity index (χ3n) is 4.93. The number of fused-ring (bicyclic) bond motifs is 1. The number of hydrogen-bond acceptors (Lipinski definition) is 3. The number of rotatable bonds is 5. The number of halogens is 2. The van der Waals surface area contributed by atoms with Crippen LogP contribution in [0.3, 0.4) is 0 Å². The minimum Gasteiger partial charge on any atom is -0.505 e. The zero-order valence-electron chi connectivity index (χ0n) is 15.5. The monoisotopic (exact) mass is 402 g/mol. The first kappa shape index (κ1) is 19.9. The molecule has 0 spiro atoms. The van der Waals surface area contributed by atoms with Gasteiger partial charge in [0.05, 0.1) is 5.52 Å². The van der Waals surface area contributed by atoms with Gasteiger partial charge in [0, 0.05) is 28.1 Å². The van der Waals surface area contributed by atoms with E-state index in [4.69, 9.17) is 17.3 Å². The van der Waals surface area contributed by atoms with Crippen molar-refractivity contribution >= 4 is 34.3 Å². The number of aromatic hydroxyl groups is 1. The van der Waals surface area contributed by atoms with E-state index < -0.39 is 17.5 Å². The van der Waals surface area contributed by atoms with Crippen LogP contribution in [0.15, 0.2) is 36.4 Å². The van der Waals surface area contributed by atoms with Crippen LogP contribution < -0.4 is 5.73 Å². The van der Waals surface area contributed by atoms with Crippen molar-refractivity contribution < 1.29 is 19.1 Å². The Morgan fingerprint density at radius 1 is 1.29 bits per heavy atom. The van der Waals surface area contributed by atoms with Gasteiger partial charge < -0.3 is 10.8 Å². The van der Waals surface area contributed by atoms with Gasteiger partial charge in [0.1, 0.15) is 0 Å². The maximum Gasteiger partial charge on any atom is 0.262 e. The van der Waals surface area contributed by atoms with Crippen molar-refractivity contribution in [1.82, 2.24) is 4.57 Å². The van der Waals surface area contributed by atoms with E-state index >= 15 is 0 Å². The molecule has 146 valence electrons. The van der Waals surface area contributed by atoms with Crippen LogP contribution >= 0.6 is 11.6 Å². The lowest BCUT2D eigenvalue weighted by Crippen LogP contribution is -2.14. The Balaban J connectivity index is 2.24. The van der Waals surface area contributed by atoms with E-state index in [0.29, 0.717) is 33.8 Å². The molecule has 5 nitrogen and oxygen atoms in total. The smallest absolute Gasteiger partial charge is 0.262 e. The standard InChI is InChI=1S/C21H20ClFN2O3/c1-11(6-9-17(24)27)18-12(2)25(15-7-8-16(26)20(23)19(15)18)21(28)13-4-3-5-14(22)10-13/h3-5,7-8,10-11,26H,6,9H2,1-2H3,(H2,24,27)/t11-/m0/s1. The average Bonchev–Trinajstić information content (AvgIpc) is 2.95. The number of phenols is 1. The molecule has 3 N–H and O–H groups in total. The summed E-state index contributed by atoms with van der Waals surface area (Å²) in [5.74, 6) is -2.35. The molecule has 3 aromatic rings. The first-order valence-corrected chi connectivity index (χ1v) is 9.21. The highest BCUT2D eigenvalue weighted by Gasteiger charge is 2.26. The third kappa shape index (κ3) is 3.47. The van der Waals surface area contributed by atoms with Gasteiger partial charge >= 0.3 is 0 Å². The Morgan fingerprint density at radius 3 is 2.64 bits per heavy atom. The van der Waals surface area contributed by atoms with Gasteiger partial charge in [-0.1, -0.05) is 24.6 Å². The predicted molar refractivity (Wildman–Crippen MR) is 106 cm³/mol. The van der Waals surface area contributed by atoms with Crippen molar-refractivity contribution in [3.8, 4) is 5.75 Å². The van der Waals surface area contributed by atoms with Gasteiger partial charge in [0.25, 0.3) is 5.91 Å². The molecular weight excluding hydrogens is 383 g/mol. The van der Waals surface area contributed by atoms with Gasteiger partial charge in [-0.15, -0.1) is 0 Å². The van der Waals surface area contributed by atoms with E-state index in [-0.39, 0.29) is 23.6 Å². The lowest BCUT2D eigenvalue weighted by Gasteiger charge is -2.13. The van der Waals surface area contributed by atoms with Crippen molar-refractivity contribution in [3.63, 3.8) is 0 Å². The summed E-state index contributed by atoms with van der Waals surface area (Å²) in [6, 6.07) is 9.23. The zero-order chi connectivity index (χ0) is 20.6. The number of amides is 1. The lowest BCUT2D eigenvalue weighted by molar-refractivity contribution is -0.118. The Morgan fingerprint density at radius 2 is 2.00 bits per heavy atom. The summed E-state index contributed by atoms with van der Waals surface area (Å²) in [7, 11) is 0. The fourth-order valence-corrected chi connectivity index (χ4v) is 3.79. The maximum absolute atomic E-state index is 14.9. The number of aromatic nitrogens is 1. The molecule has 0 aliphatic carbocycles. The summed E-state index contributed by atoms with van der Waals surface area (Å²) in [6.07, 6.45) is 0.533. The lowest BCUT2D eigenvalue weighted by atomic mass is 9.93. The molecule has 7 heteroatoms. The second-order valence-electron chi connectivity index (χ2n) is 6.85. The van der Waals surface area contributed by atoms with Gasteiger partial charge in [0.2, 0.25) is 5.91 Å². The summed E-state index contributed by atoms with van der Waals surface area (Å²) in [4.78, 5) is 24.3. The SMILES string of the molecule is Cc1c([C@@H](C)CCC(N)=O)c2c(F)c(O)ccc2n1C(=O)c1cccc(Cl)c1. The number of nitrogens with zero attached hydrogens (tertiary/aromatic N) is 1. The van der Waals surface area contributed by atoms with E-state index in [0.717, 1.165) is 0 Å². The molecule has 0 aliphatic heterocycles. The van der Waals surface area contributed by atoms with E-state index in [1.807, 2.05) is 6.92 Å². The number of carbonyl (C=O) groups excluding carboxylic acids is 2. The number of hydrogen-bond donors (Lipinski definition) is 2. The Kier molecular flexibility index (Phi) is 5.42. The van der Waals surface area contributed by atoms with Gasteiger partial charge in [-0.05, 0) is 55.2 Å². The number of carbonyl (C=O) groups is 2. The van der Waals surface area contributed by atoms with Crippen molar-refractivity contribution in [2.75, 3.05) is 0 Å². The van der Waals surface area contributed by atoms with Gasteiger partial charge in [-0.2, -0.15) is 0 Å². The zero-order valence-corrected chi connectivity index (χ0v) is 16.3. The van der Waals surface area contributed by atoms with E-state index in [1.54, 1.807) is 31.2 Å². The minimum atomic E-state index is -0.792.